The summed E-state index contributed by atoms with van der Waals surface area (Å²) in [6.07, 6.45) is -2.42. The molecule has 0 saturated carbocycles. The quantitative estimate of drug-likeness (QED) is 0.374. The van der Waals surface area contributed by atoms with Gasteiger partial charge in [0.15, 0.2) is 5.82 Å². The number of hydrogen-bond acceptors (Lipinski definition) is 6. The van der Waals surface area contributed by atoms with Gasteiger partial charge in [0.1, 0.15) is 5.82 Å². The maximum absolute atomic E-state index is 14.1. The minimum atomic E-state index is -4.49. The molecule has 240 valence electrons. The van der Waals surface area contributed by atoms with Gasteiger partial charge in [-0.2, -0.15) is 18.3 Å². The summed E-state index contributed by atoms with van der Waals surface area (Å²) in [4.78, 5) is 34.7. The standard InChI is InChI=1S/C32H36F4N6O3/c1-19-29(20(2)42(39-19)28-7-6-25(13-37-28)32(34,35)36)31(44)41-16-23-14-40(15-24(23)17-41)10-8-27(21-4-3-5-26(33)12-21)38-30(43)22-9-11-45-18-22/h3-7,12-13,22-24,27H,8-11,14-18H2,1-2H3,(H,38,43)/t22?,23?,24?,27-/m0/s1. The molecule has 0 aliphatic carbocycles. The lowest BCUT2D eigenvalue weighted by Crippen LogP contribution is -2.37. The lowest BCUT2D eigenvalue weighted by molar-refractivity contribution is -0.137. The Morgan fingerprint density at radius 3 is 2.47 bits per heavy atom. The highest BCUT2D eigenvalue weighted by atomic mass is 19.4. The van der Waals surface area contributed by atoms with Gasteiger partial charge in [-0.25, -0.2) is 14.1 Å². The van der Waals surface area contributed by atoms with Crippen LogP contribution in [0.1, 0.15) is 51.8 Å². The number of fused-ring (bicyclic) bond motifs is 1. The normalized spacial score (nSPS) is 22.5. The van der Waals surface area contributed by atoms with Crippen LogP contribution in [-0.2, 0) is 15.7 Å². The highest BCUT2D eigenvalue weighted by Crippen LogP contribution is 2.34. The molecule has 3 fully saturated rings. The number of amides is 2. The largest absolute Gasteiger partial charge is 0.417 e. The highest BCUT2D eigenvalue weighted by molar-refractivity contribution is 5.96. The summed E-state index contributed by atoms with van der Waals surface area (Å²) in [6, 6.07) is 8.22. The number of benzene rings is 1. The van der Waals surface area contributed by atoms with Gasteiger partial charge >= 0.3 is 6.18 Å². The van der Waals surface area contributed by atoms with Crippen LogP contribution in [0.4, 0.5) is 17.6 Å². The number of aryl methyl sites for hydroxylation is 1. The Kier molecular flexibility index (Phi) is 8.66. The molecule has 9 nitrogen and oxygen atoms in total. The van der Waals surface area contributed by atoms with E-state index in [1.54, 1.807) is 19.9 Å². The zero-order valence-electron chi connectivity index (χ0n) is 25.2. The zero-order chi connectivity index (χ0) is 31.9. The van der Waals surface area contributed by atoms with Gasteiger partial charge in [-0.05, 0) is 68.4 Å². The molecular weight excluding hydrogens is 592 g/mol. The van der Waals surface area contributed by atoms with Crippen molar-refractivity contribution in [1.29, 1.82) is 0 Å². The summed E-state index contributed by atoms with van der Waals surface area (Å²) in [5, 5.41) is 7.55. The molecule has 2 aromatic heterocycles. The number of carbonyl (C=O) groups is 2. The van der Waals surface area contributed by atoms with Crippen molar-refractivity contribution in [3.63, 3.8) is 0 Å². The van der Waals surface area contributed by atoms with Crippen molar-refractivity contribution in [2.24, 2.45) is 17.8 Å². The number of nitrogens with one attached hydrogen (secondary N) is 1. The molecule has 2 amide bonds. The van der Waals surface area contributed by atoms with Crippen LogP contribution in [0.15, 0.2) is 42.6 Å². The third-order valence-electron chi connectivity index (χ3n) is 9.25. The summed E-state index contributed by atoms with van der Waals surface area (Å²) in [5.41, 5.74) is 1.34. The van der Waals surface area contributed by atoms with E-state index in [0.29, 0.717) is 74.5 Å². The summed E-state index contributed by atoms with van der Waals surface area (Å²) >= 11 is 0. The predicted molar refractivity (Wildman–Crippen MR) is 156 cm³/mol. The second-order valence-corrected chi connectivity index (χ2v) is 12.3. The Bertz CT molecular complexity index is 1540. The molecule has 13 heteroatoms. The Morgan fingerprint density at radius 2 is 1.84 bits per heavy atom. The minimum absolute atomic E-state index is 0.0720. The fraction of sp³-hybridized carbons (Fsp3) is 0.500. The van der Waals surface area contributed by atoms with Crippen molar-refractivity contribution < 1.29 is 31.9 Å². The van der Waals surface area contributed by atoms with Crippen molar-refractivity contribution in [2.75, 3.05) is 45.9 Å². The fourth-order valence-electron chi connectivity index (χ4n) is 6.84. The summed E-state index contributed by atoms with van der Waals surface area (Å²) in [6.45, 7) is 7.92. The second-order valence-electron chi connectivity index (χ2n) is 12.3. The molecule has 4 atom stereocenters. The Labute approximate surface area is 258 Å². The van der Waals surface area contributed by atoms with E-state index in [2.05, 4.69) is 20.3 Å². The van der Waals surface area contributed by atoms with Gasteiger partial charge in [0, 0.05) is 45.5 Å². The first-order valence-corrected chi connectivity index (χ1v) is 15.2. The molecule has 1 N–H and O–H groups in total. The topological polar surface area (TPSA) is 92.6 Å². The van der Waals surface area contributed by atoms with Crippen LogP contribution >= 0.6 is 0 Å². The third-order valence-corrected chi connectivity index (χ3v) is 9.25. The van der Waals surface area contributed by atoms with Crippen LogP contribution in [0, 0.1) is 37.4 Å². The molecule has 0 radical (unpaired) electrons. The SMILES string of the molecule is Cc1nn(-c2ccc(C(F)(F)F)cn2)c(C)c1C(=O)N1CC2CN(CC[C@H](NC(=O)C3CCOC3)c3cccc(F)c3)CC2C1. The molecule has 3 saturated heterocycles. The van der Waals surface area contributed by atoms with E-state index >= 15 is 0 Å². The van der Waals surface area contributed by atoms with Crippen LogP contribution in [0.2, 0.25) is 0 Å². The number of ether oxygens (including phenoxy) is 1. The third kappa shape index (κ3) is 6.60. The molecule has 6 rings (SSSR count). The first kappa shape index (κ1) is 31.2. The van der Waals surface area contributed by atoms with E-state index in [1.165, 1.54) is 22.9 Å². The molecule has 5 heterocycles. The smallest absolute Gasteiger partial charge is 0.381 e. The molecule has 0 bridgehead atoms. The molecule has 3 aliphatic heterocycles. The van der Waals surface area contributed by atoms with E-state index in [9.17, 15) is 27.2 Å². The van der Waals surface area contributed by atoms with Gasteiger partial charge in [0.25, 0.3) is 5.91 Å². The monoisotopic (exact) mass is 628 g/mol. The average Bonchev–Trinajstić information content (AvgIpc) is 3.79. The Balaban J connectivity index is 1.07. The van der Waals surface area contributed by atoms with E-state index in [0.717, 1.165) is 30.9 Å². The van der Waals surface area contributed by atoms with Gasteiger partial charge in [0.2, 0.25) is 5.91 Å². The lowest BCUT2D eigenvalue weighted by Gasteiger charge is -2.25. The number of aromatic nitrogens is 3. The molecule has 45 heavy (non-hydrogen) atoms. The summed E-state index contributed by atoms with van der Waals surface area (Å²) in [5.74, 6) is 0.0365. The number of pyridine rings is 1. The van der Waals surface area contributed by atoms with E-state index in [1.807, 2.05) is 11.0 Å². The summed E-state index contributed by atoms with van der Waals surface area (Å²) in [7, 11) is 0. The molecule has 3 aromatic rings. The number of rotatable bonds is 8. The van der Waals surface area contributed by atoms with Gasteiger partial charge in [-0.3, -0.25) is 9.59 Å². The summed E-state index contributed by atoms with van der Waals surface area (Å²) < 4.78 is 59.8. The number of halogens is 4. The van der Waals surface area contributed by atoms with E-state index in [-0.39, 0.29) is 35.4 Å². The van der Waals surface area contributed by atoms with Gasteiger partial charge in [-0.15, -0.1) is 0 Å². The van der Waals surface area contributed by atoms with Crippen molar-refractivity contribution >= 4 is 11.8 Å². The maximum Gasteiger partial charge on any atom is 0.417 e. The number of likely N-dealkylation sites (tertiary alicyclic amines) is 2. The molecule has 3 unspecified atom stereocenters. The minimum Gasteiger partial charge on any atom is -0.381 e. The molecule has 0 spiro atoms. The van der Waals surface area contributed by atoms with Crippen molar-refractivity contribution in [3.05, 3.63) is 76.5 Å². The fourth-order valence-corrected chi connectivity index (χ4v) is 6.84. The second kappa shape index (κ2) is 12.5. The highest BCUT2D eigenvalue weighted by Gasteiger charge is 2.42. The Morgan fingerprint density at radius 1 is 1.09 bits per heavy atom. The Hall–Kier alpha value is -3.84. The number of alkyl halides is 3. The number of carbonyl (C=O) groups excluding carboxylic acids is 2. The van der Waals surface area contributed by atoms with Gasteiger partial charge in [-0.1, -0.05) is 12.1 Å². The number of nitrogens with zero attached hydrogens (tertiary/aromatic N) is 5. The zero-order valence-corrected chi connectivity index (χ0v) is 25.2. The first-order valence-electron chi connectivity index (χ1n) is 15.2. The average molecular weight is 629 g/mol. The molecular formula is C32H36F4N6O3. The van der Waals surface area contributed by atoms with Gasteiger partial charge in [0.05, 0.1) is 41.1 Å². The predicted octanol–water partition coefficient (Wildman–Crippen LogP) is 4.33. The van der Waals surface area contributed by atoms with Crippen LogP contribution in [0.5, 0.6) is 0 Å². The van der Waals surface area contributed by atoms with Crippen molar-refractivity contribution in [2.45, 2.75) is 38.9 Å². The maximum atomic E-state index is 14.1. The lowest BCUT2D eigenvalue weighted by atomic mass is 10.0. The molecule has 1 aromatic carbocycles. The molecule has 3 aliphatic rings. The van der Waals surface area contributed by atoms with Crippen LogP contribution < -0.4 is 5.32 Å². The van der Waals surface area contributed by atoms with Crippen LogP contribution in [-0.4, -0.2) is 82.3 Å². The number of hydrogen-bond donors (Lipinski definition) is 1. The van der Waals surface area contributed by atoms with Crippen LogP contribution in [0.25, 0.3) is 5.82 Å². The van der Waals surface area contributed by atoms with E-state index in [4.69, 9.17) is 4.74 Å². The van der Waals surface area contributed by atoms with E-state index < -0.39 is 11.7 Å². The first-order chi connectivity index (χ1) is 21.5. The van der Waals surface area contributed by atoms with Crippen molar-refractivity contribution in [1.82, 2.24) is 29.9 Å². The van der Waals surface area contributed by atoms with Gasteiger partial charge < -0.3 is 19.9 Å². The van der Waals surface area contributed by atoms with Crippen molar-refractivity contribution in [3.8, 4) is 5.82 Å². The van der Waals surface area contributed by atoms with Crippen LogP contribution in [0.3, 0.4) is 0 Å².